The maximum Gasteiger partial charge on any atom is 0.188 e. The monoisotopic (exact) mass is 354 g/mol. The Bertz CT molecular complexity index is 854. The highest BCUT2D eigenvalue weighted by Gasteiger charge is 2.25. The number of anilines is 2. The van der Waals surface area contributed by atoms with Crippen molar-refractivity contribution in [3.63, 3.8) is 0 Å². The normalized spacial score (nSPS) is 16.3. The third-order valence-corrected chi connectivity index (χ3v) is 4.78. The van der Waals surface area contributed by atoms with E-state index in [1.807, 2.05) is 47.4 Å². The Kier molecular flexibility index (Phi) is 3.97. The van der Waals surface area contributed by atoms with Gasteiger partial charge in [-0.15, -0.1) is 0 Å². The molecule has 2 aromatic rings. The largest absolute Gasteiger partial charge is 0.370 e. The summed E-state index contributed by atoms with van der Waals surface area (Å²) in [6.07, 6.45) is 0. The molecule has 4 rings (SSSR count). The van der Waals surface area contributed by atoms with E-state index < -0.39 is 0 Å². The molecular weight excluding hydrogens is 336 g/mol. The lowest BCUT2D eigenvalue weighted by molar-refractivity contribution is 0.256. The van der Waals surface area contributed by atoms with E-state index in [0.29, 0.717) is 18.1 Å². The minimum atomic E-state index is 0.123. The van der Waals surface area contributed by atoms with Gasteiger partial charge in [0.2, 0.25) is 0 Å². The van der Waals surface area contributed by atoms with Crippen LogP contribution >= 0.6 is 11.6 Å². The zero-order chi connectivity index (χ0) is 17.4. The van der Waals surface area contributed by atoms with Crippen LogP contribution in [0.15, 0.2) is 47.5 Å². The van der Waals surface area contributed by atoms with Crippen LogP contribution in [0.2, 0.25) is 5.02 Å². The van der Waals surface area contributed by atoms with E-state index in [4.69, 9.17) is 27.7 Å². The Morgan fingerprint density at radius 3 is 2.60 bits per heavy atom. The molecule has 7 heteroatoms. The molecule has 25 heavy (non-hydrogen) atoms. The molecule has 2 aromatic carbocycles. The average molecular weight is 355 g/mol. The Morgan fingerprint density at radius 2 is 1.84 bits per heavy atom. The molecule has 0 atom stereocenters. The van der Waals surface area contributed by atoms with Crippen LogP contribution in [0.25, 0.3) is 0 Å². The summed E-state index contributed by atoms with van der Waals surface area (Å²) in [6.45, 7) is 2.93. The minimum absolute atomic E-state index is 0.123. The molecule has 1 saturated heterocycles. The van der Waals surface area contributed by atoms with Crippen molar-refractivity contribution < 1.29 is 0 Å². The van der Waals surface area contributed by atoms with Gasteiger partial charge in [0.15, 0.2) is 5.96 Å². The number of nitrogens with two attached hydrogens (primary N) is 1. The van der Waals surface area contributed by atoms with Gasteiger partial charge in [0, 0.05) is 42.5 Å². The minimum Gasteiger partial charge on any atom is -0.370 e. The smallest absolute Gasteiger partial charge is 0.188 e. The topological polar surface area (TPSA) is 80.7 Å². The van der Waals surface area contributed by atoms with Crippen LogP contribution in [0.5, 0.6) is 0 Å². The number of amidine groups is 1. The van der Waals surface area contributed by atoms with Gasteiger partial charge in [0.25, 0.3) is 0 Å². The van der Waals surface area contributed by atoms with Crippen LogP contribution in [-0.4, -0.2) is 47.8 Å². The number of aliphatic imine (C=N–C) groups is 1. The number of benzene rings is 2. The van der Waals surface area contributed by atoms with Crippen molar-refractivity contribution in [2.75, 3.05) is 31.5 Å². The molecule has 2 heterocycles. The number of guanidine groups is 1. The molecule has 0 radical (unpaired) electrons. The molecule has 2 aliphatic rings. The number of nitrogens with zero attached hydrogens (tertiary/aromatic N) is 3. The summed E-state index contributed by atoms with van der Waals surface area (Å²) in [6, 6.07) is 13.8. The molecule has 0 bridgehead atoms. The van der Waals surface area contributed by atoms with Crippen LogP contribution in [0.1, 0.15) is 5.56 Å². The summed E-state index contributed by atoms with van der Waals surface area (Å²) in [5.41, 5.74) is 9.46. The molecule has 4 N–H and O–H groups in total. The highest BCUT2D eigenvalue weighted by molar-refractivity contribution is 6.31. The summed E-state index contributed by atoms with van der Waals surface area (Å²) in [4.78, 5) is 9.04. The highest BCUT2D eigenvalue weighted by Crippen LogP contribution is 2.35. The lowest BCUT2D eigenvalue weighted by Crippen LogP contribution is -2.52. The van der Waals surface area contributed by atoms with Crippen molar-refractivity contribution in [3.05, 3.63) is 53.1 Å². The van der Waals surface area contributed by atoms with Crippen molar-refractivity contribution >= 4 is 40.5 Å². The first-order valence-electron chi connectivity index (χ1n) is 8.20. The maximum atomic E-state index is 7.60. The number of piperazine rings is 1. The summed E-state index contributed by atoms with van der Waals surface area (Å²) in [7, 11) is 0. The SMILES string of the molecule is N=C(N)N1CCN(C2=Nc3ccccc3Nc3ccc(Cl)cc32)CC1. The van der Waals surface area contributed by atoms with Crippen molar-refractivity contribution in [2.45, 2.75) is 0 Å². The standard InChI is InChI=1S/C18H19ClN6/c19-12-5-6-14-13(11-12)17(23-16-4-2-1-3-15(16)22-14)24-7-9-25(10-8-24)18(20)21/h1-6,11,22H,7-10H2,(H3,20,21). The number of para-hydroxylation sites is 2. The lowest BCUT2D eigenvalue weighted by atomic mass is 10.1. The zero-order valence-corrected chi connectivity index (χ0v) is 14.4. The first kappa shape index (κ1) is 15.8. The molecular formula is C18H19ClN6. The van der Waals surface area contributed by atoms with E-state index in [9.17, 15) is 0 Å². The summed E-state index contributed by atoms with van der Waals surface area (Å²) in [5, 5.41) is 11.7. The second kappa shape index (κ2) is 6.29. The Labute approximate surface area is 151 Å². The molecule has 1 fully saturated rings. The maximum absolute atomic E-state index is 7.60. The van der Waals surface area contributed by atoms with Crippen LogP contribution in [-0.2, 0) is 0 Å². The number of rotatable bonds is 0. The van der Waals surface area contributed by atoms with Crippen molar-refractivity contribution in [1.29, 1.82) is 5.41 Å². The zero-order valence-electron chi connectivity index (χ0n) is 13.7. The predicted octanol–water partition coefficient (Wildman–Crippen LogP) is 2.99. The molecule has 2 aliphatic heterocycles. The predicted molar refractivity (Wildman–Crippen MR) is 102 cm³/mol. The Morgan fingerprint density at radius 1 is 1.08 bits per heavy atom. The summed E-state index contributed by atoms with van der Waals surface area (Å²) < 4.78 is 0. The number of hydrogen-bond acceptors (Lipinski definition) is 4. The van der Waals surface area contributed by atoms with Crippen LogP contribution in [0.4, 0.5) is 17.1 Å². The van der Waals surface area contributed by atoms with Gasteiger partial charge in [0.05, 0.1) is 11.4 Å². The van der Waals surface area contributed by atoms with Gasteiger partial charge in [-0.3, -0.25) is 5.41 Å². The van der Waals surface area contributed by atoms with E-state index in [1.54, 1.807) is 0 Å². The number of nitrogens with one attached hydrogen (secondary N) is 2. The average Bonchev–Trinajstić information content (AvgIpc) is 2.78. The second-order valence-electron chi connectivity index (χ2n) is 6.13. The van der Waals surface area contributed by atoms with Crippen LogP contribution < -0.4 is 11.1 Å². The van der Waals surface area contributed by atoms with Gasteiger partial charge >= 0.3 is 0 Å². The fourth-order valence-electron chi connectivity index (χ4n) is 3.21. The van der Waals surface area contributed by atoms with Crippen LogP contribution in [0.3, 0.4) is 0 Å². The van der Waals surface area contributed by atoms with Gasteiger partial charge in [-0.05, 0) is 30.3 Å². The number of halogens is 1. The molecule has 0 spiro atoms. The van der Waals surface area contributed by atoms with E-state index in [0.717, 1.165) is 41.6 Å². The lowest BCUT2D eigenvalue weighted by Gasteiger charge is -2.36. The molecule has 0 aromatic heterocycles. The first-order valence-corrected chi connectivity index (χ1v) is 8.58. The second-order valence-corrected chi connectivity index (χ2v) is 6.56. The fourth-order valence-corrected chi connectivity index (χ4v) is 3.38. The molecule has 128 valence electrons. The molecule has 0 amide bonds. The molecule has 0 unspecified atom stereocenters. The van der Waals surface area contributed by atoms with Gasteiger partial charge in [0.1, 0.15) is 5.84 Å². The van der Waals surface area contributed by atoms with Gasteiger partial charge < -0.3 is 20.9 Å². The van der Waals surface area contributed by atoms with Gasteiger partial charge in [-0.1, -0.05) is 23.7 Å². The van der Waals surface area contributed by atoms with Gasteiger partial charge in [-0.2, -0.15) is 0 Å². The molecule has 6 nitrogen and oxygen atoms in total. The van der Waals surface area contributed by atoms with Crippen LogP contribution in [0, 0.1) is 5.41 Å². The quantitative estimate of drug-likeness (QED) is 0.502. The van der Waals surface area contributed by atoms with E-state index in [1.165, 1.54) is 0 Å². The van der Waals surface area contributed by atoms with E-state index in [2.05, 4.69) is 10.2 Å². The highest BCUT2D eigenvalue weighted by atomic mass is 35.5. The number of fused-ring (bicyclic) bond motifs is 2. The van der Waals surface area contributed by atoms with Crippen molar-refractivity contribution in [1.82, 2.24) is 9.80 Å². The first-order chi connectivity index (χ1) is 12.1. The molecule has 0 aliphatic carbocycles. The summed E-state index contributed by atoms with van der Waals surface area (Å²) in [5.74, 6) is 1.02. The number of hydrogen-bond donors (Lipinski definition) is 3. The third-order valence-electron chi connectivity index (χ3n) is 4.54. The van der Waals surface area contributed by atoms with E-state index >= 15 is 0 Å². The Balaban J connectivity index is 1.76. The van der Waals surface area contributed by atoms with Crippen molar-refractivity contribution in [3.8, 4) is 0 Å². The summed E-state index contributed by atoms with van der Waals surface area (Å²) >= 11 is 6.26. The Hall–Kier alpha value is -2.73. The van der Waals surface area contributed by atoms with E-state index in [-0.39, 0.29) is 5.96 Å². The van der Waals surface area contributed by atoms with Gasteiger partial charge in [-0.25, -0.2) is 4.99 Å². The fraction of sp³-hybridized carbons (Fsp3) is 0.222. The molecule has 0 saturated carbocycles. The third kappa shape index (κ3) is 3.00. The van der Waals surface area contributed by atoms with Crippen molar-refractivity contribution in [2.24, 2.45) is 10.7 Å².